The lowest BCUT2D eigenvalue weighted by Crippen LogP contribution is -2.13. The van der Waals surface area contributed by atoms with Crippen LogP contribution in [0.4, 0.5) is 5.69 Å². The average molecular weight is 255 g/mol. The van der Waals surface area contributed by atoms with Crippen molar-refractivity contribution in [3.05, 3.63) is 21.5 Å². The fourth-order valence-electron chi connectivity index (χ4n) is 1.68. The van der Waals surface area contributed by atoms with Crippen LogP contribution >= 0.6 is 0 Å². The number of carbonyl (C=O) groups excluding carboxylic acids is 1. The number of nitro groups is 1. The van der Waals surface area contributed by atoms with Gasteiger partial charge < -0.3 is 4.74 Å². The molecule has 1 aromatic heterocycles. The highest BCUT2D eigenvalue weighted by Gasteiger charge is 2.30. The summed E-state index contributed by atoms with van der Waals surface area (Å²) < 4.78 is 6.20. The maximum absolute atomic E-state index is 11.8. The van der Waals surface area contributed by atoms with Crippen molar-refractivity contribution in [1.29, 1.82) is 0 Å². The molecule has 0 aliphatic carbocycles. The highest BCUT2D eigenvalue weighted by molar-refractivity contribution is 5.92. The van der Waals surface area contributed by atoms with Crippen LogP contribution in [0.3, 0.4) is 0 Å². The summed E-state index contributed by atoms with van der Waals surface area (Å²) in [6.45, 7) is 3.80. The van der Waals surface area contributed by atoms with Gasteiger partial charge in [-0.05, 0) is 13.3 Å². The van der Waals surface area contributed by atoms with E-state index in [1.54, 1.807) is 0 Å². The number of unbranched alkanes of at least 4 members (excludes halogenated alkanes) is 2. The van der Waals surface area contributed by atoms with Gasteiger partial charge in [-0.25, -0.2) is 4.79 Å². The molecule has 0 aliphatic heterocycles. The van der Waals surface area contributed by atoms with Gasteiger partial charge in [0.2, 0.25) is 5.69 Å². The molecule has 7 heteroatoms. The third-order valence-corrected chi connectivity index (χ3v) is 2.55. The molecule has 7 nitrogen and oxygen atoms in total. The Balaban J connectivity index is 2.82. The zero-order chi connectivity index (χ0) is 13.7. The standard InChI is InChI=1S/C11H17N3O4/c1-4-5-6-7-18-11(15)10-9(14(16)17)8(2)12-13(10)3/h4-7H2,1-3H3. The summed E-state index contributed by atoms with van der Waals surface area (Å²) in [7, 11) is 1.49. The Bertz CT molecular complexity index is 453. The quantitative estimate of drug-likeness (QED) is 0.335. The van der Waals surface area contributed by atoms with E-state index in [1.807, 2.05) is 6.92 Å². The van der Waals surface area contributed by atoms with Gasteiger partial charge in [0.05, 0.1) is 11.5 Å². The number of hydrogen-bond acceptors (Lipinski definition) is 5. The zero-order valence-electron chi connectivity index (χ0n) is 10.8. The second kappa shape index (κ2) is 6.13. The van der Waals surface area contributed by atoms with Gasteiger partial charge in [-0.2, -0.15) is 5.10 Å². The molecule has 0 aromatic carbocycles. The Morgan fingerprint density at radius 2 is 2.17 bits per heavy atom. The molecule has 0 spiro atoms. The molecule has 0 amide bonds. The highest BCUT2D eigenvalue weighted by atomic mass is 16.6. The van der Waals surface area contributed by atoms with Crippen molar-refractivity contribution in [1.82, 2.24) is 9.78 Å². The van der Waals surface area contributed by atoms with E-state index in [2.05, 4.69) is 5.10 Å². The van der Waals surface area contributed by atoms with Crippen LogP contribution < -0.4 is 0 Å². The third-order valence-electron chi connectivity index (χ3n) is 2.55. The molecule has 0 saturated heterocycles. The van der Waals surface area contributed by atoms with Gasteiger partial charge in [0.25, 0.3) is 0 Å². The number of rotatable bonds is 6. The lowest BCUT2D eigenvalue weighted by Gasteiger charge is -2.03. The van der Waals surface area contributed by atoms with E-state index < -0.39 is 10.9 Å². The van der Waals surface area contributed by atoms with Crippen molar-refractivity contribution in [2.24, 2.45) is 7.05 Å². The second-order valence-corrected chi connectivity index (χ2v) is 4.01. The van der Waals surface area contributed by atoms with Crippen LogP contribution in [-0.2, 0) is 11.8 Å². The van der Waals surface area contributed by atoms with Gasteiger partial charge in [0.15, 0.2) is 0 Å². The fourth-order valence-corrected chi connectivity index (χ4v) is 1.68. The van der Waals surface area contributed by atoms with Gasteiger partial charge in [0.1, 0.15) is 5.69 Å². The van der Waals surface area contributed by atoms with Gasteiger partial charge in [-0.15, -0.1) is 0 Å². The van der Waals surface area contributed by atoms with E-state index in [0.29, 0.717) is 0 Å². The largest absolute Gasteiger partial charge is 0.461 e. The maximum Gasteiger partial charge on any atom is 0.363 e. The molecule has 0 saturated carbocycles. The SMILES string of the molecule is CCCCCOC(=O)c1c([N+](=O)[O-])c(C)nn1C. The Morgan fingerprint density at radius 3 is 2.72 bits per heavy atom. The van der Waals surface area contributed by atoms with Crippen LogP contribution in [0.1, 0.15) is 42.4 Å². The Kier molecular flexibility index (Phi) is 4.82. The Morgan fingerprint density at radius 1 is 1.50 bits per heavy atom. The molecule has 0 unspecified atom stereocenters. The predicted octanol–water partition coefficient (Wildman–Crippen LogP) is 1.98. The summed E-state index contributed by atoms with van der Waals surface area (Å²) in [5.41, 5.74) is -0.171. The first-order valence-electron chi connectivity index (χ1n) is 5.84. The predicted molar refractivity (Wildman–Crippen MR) is 64.4 cm³/mol. The Labute approximate surface area is 105 Å². The lowest BCUT2D eigenvalue weighted by molar-refractivity contribution is -0.385. The topological polar surface area (TPSA) is 87.3 Å². The second-order valence-electron chi connectivity index (χ2n) is 4.01. The van der Waals surface area contributed by atoms with Gasteiger partial charge in [0, 0.05) is 7.05 Å². The molecule has 100 valence electrons. The molecule has 0 N–H and O–H groups in total. The number of ether oxygens (including phenoxy) is 1. The normalized spacial score (nSPS) is 10.4. The molecule has 1 aromatic rings. The van der Waals surface area contributed by atoms with E-state index in [4.69, 9.17) is 4.74 Å². The lowest BCUT2D eigenvalue weighted by atomic mass is 10.2. The van der Waals surface area contributed by atoms with Crippen molar-refractivity contribution in [3.63, 3.8) is 0 Å². The van der Waals surface area contributed by atoms with Crippen LogP contribution in [0.15, 0.2) is 0 Å². The van der Waals surface area contributed by atoms with Crippen LogP contribution in [0, 0.1) is 17.0 Å². The van der Waals surface area contributed by atoms with Crippen molar-refractivity contribution in [2.45, 2.75) is 33.1 Å². The summed E-state index contributed by atoms with van der Waals surface area (Å²) in [5, 5.41) is 14.8. The minimum atomic E-state index is -0.694. The zero-order valence-corrected chi connectivity index (χ0v) is 10.8. The third kappa shape index (κ3) is 3.06. The monoisotopic (exact) mass is 255 g/mol. The number of hydrogen-bond donors (Lipinski definition) is 0. The van der Waals surface area contributed by atoms with E-state index in [9.17, 15) is 14.9 Å². The van der Waals surface area contributed by atoms with E-state index in [-0.39, 0.29) is 23.7 Å². The molecule has 0 fully saturated rings. The summed E-state index contributed by atoms with van der Waals surface area (Å²) in [6.07, 6.45) is 2.73. The molecule has 0 radical (unpaired) electrons. The first kappa shape index (κ1) is 14.1. The van der Waals surface area contributed by atoms with Crippen molar-refractivity contribution >= 4 is 11.7 Å². The fraction of sp³-hybridized carbons (Fsp3) is 0.636. The molecule has 0 bridgehead atoms. The summed E-state index contributed by atoms with van der Waals surface area (Å²) in [5.74, 6) is -0.694. The van der Waals surface area contributed by atoms with E-state index >= 15 is 0 Å². The Hall–Kier alpha value is -1.92. The van der Waals surface area contributed by atoms with Crippen molar-refractivity contribution in [3.8, 4) is 0 Å². The summed E-state index contributed by atoms with van der Waals surface area (Å²) in [4.78, 5) is 22.1. The summed E-state index contributed by atoms with van der Waals surface area (Å²) >= 11 is 0. The van der Waals surface area contributed by atoms with Gasteiger partial charge in [-0.1, -0.05) is 19.8 Å². The van der Waals surface area contributed by atoms with Crippen LogP contribution in [0.25, 0.3) is 0 Å². The van der Waals surface area contributed by atoms with E-state index in [0.717, 1.165) is 19.3 Å². The van der Waals surface area contributed by atoms with E-state index in [1.165, 1.54) is 18.7 Å². The number of nitrogens with zero attached hydrogens (tertiary/aromatic N) is 3. The first-order valence-corrected chi connectivity index (χ1v) is 5.84. The van der Waals surface area contributed by atoms with Crippen LogP contribution in [0.5, 0.6) is 0 Å². The minimum absolute atomic E-state index is 0.103. The minimum Gasteiger partial charge on any atom is -0.461 e. The highest BCUT2D eigenvalue weighted by Crippen LogP contribution is 2.22. The van der Waals surface area contributed by atoms with Gasteiger partial charge >= 0.3 is 11.7 Å². The molecular formula is C11H17N3O4. The molecule has 1 heterocycles. The van der Waals surface area contributed by atoms with Crippen molar-refractivity contribution in [2.75, 3.05) is 6.61 Å². The number of carbonyl (C=O) groups is 1. The maximum atomic E-state index is 11.8. The van der Waals surface area contributed by atoms with Gasteiger partial charge in [-0.3, -0.25) is 14.8 Å². The molecule has 18 heavy (non-hydrogen) atoms. The van der Waals surface area contributed by atoms with Crippen LogP contribution in [0.2, 0.25) is 0 Å². The van der Waals surface area contributed by atoms with Crippen LogP contribution in [-0.4, -0.2) is 27.3 Å². The number of esters is 1. The summed E-state index contributed by atoms with van der Waals surface area (Å²) in [6, 6.07) is 0. The molecular weight excluding hydrogens is 238 g/mol. The van der Waals surface area contributed by atoms with Crippen molar-refractivity contribution < 1.29 is 14.5 Å². The number of aryl methyl sites for hydroxylation is 2. The molecule has 0 aliphatic rings. The average Bonchev–Trinajstić information content (AvgIpc) is 2.59. The smallest absolute Gasteiger partial charge is 0.363 e. The first-order chi connectivity index (χ1) is 8.49. The molecule has 1 rings (SSSR count). The molecule has 0 atom stereocenters. The number of aromatic nitrogens is 2.